The molecular weight excluding hydrogens is 208 g/mol. The van der Waals surface area contributed by atoms with E-state index in [1.165, 1.54) is 0 Å². The minimum Gasteiger partial charge on any atom is -0.381 e. The van der Waals surface area contributed by atoms with E-state index in [4.69, 9.17) is 0 Å². The second-order valence-electron chi connectivity index (χ2n) is 5.23. The van der Waals surface area contributed by atoms with Gasteiger partial charge in [-0.2, -0.15) is 11.8 Å². The van der Waals surface area contributed by atoms with Gasteiger partial charge in [-0.05, 0) is 17.6 Å². The first-order valence-corrected chi connectivity index (χ1v) is 6.36. The number of aryl methyl sites for hydroxylation is 1. The first-order valence-electron chi connectivity index (χ1n) is 5.21. The van der Waals surface area contributed by atoms with Crippen LogP contribution in [0, 0.1) is 5.41 Å². The van der Waals surface area contributed by atoms with Gasteiger partial charge in [0.15, 0.2) is 0 Å². The highest BCUT2D eigenvalue weighted by molar-refractivity contribution is 7.99. The highest BCUT2D eigenvalue weighted by Gasteiger charge is 2.42. The molecule has 1 atom stereocenters. The van der Waals surface area contributed by atoms with Crippen molar-refractivity contribution in [3.05, 3.63) is 18.2 Å². The number of imidazole rings is 1. The lowest BCUT2D eigenvalue weighted by Gasteiger charge is -2.40. The summed E-state index contributed by atoms with van der Waals surface area (Å²) in [5.41, 5.74) is -0.575. The van der Waals surface area contributed by atoms with E-state index in [0.29, 0.717) is 0 Å². The van der Waals surface area contributed by atoms with Crippen molar-refractivity contribution < 1.29 is 5.11 Å². The van der Waals surface area contributed by atoms with Gasteiger partial charge in [0.25, 0.3) is 0 Å². The summed E-state index contributed by atoms with van der Waals surface area (Å²) in [5.74, 6) is 2.66. The summed E-state index contributed by atoms with van der Waals surface area (Å²) < 4.78 is 1.92. The molecule has 0 saturated carbocycles. The predicted octanol–water partition coefficient (Wildman–Crippen LogP) is 1.77. The zero-order valence-corrected chi connectivity index (χ0v) is 10.3. The standard InChI is InChI=1S/C11H18N2OS/c1-10(2)6-11(14,8-15-7-10)9-12-4-5-13(9)3/h4-5,14H,6-8H2,1-3H3. The van der Waals surface area contributed by atoms with Crippen molar-refractivity contribution >= 4 is 11.8 Å². The van der Waals surface area contributed by atoms with Crippen LogP contribution in [0.25, 0.3) is 0 Å². The fraction of sp³-hybridized carbons (Fsp3) is 0.727. The zero-order chi connectivity index (χ0) is 11.1. The van der Waals surface area contributed by atoms with E-state index in [-0.39, 0.29) is 5.41 Å². The van der Waals surface area contributed by atoms with E-state index in [2.05, 4.69) is 18.8 Å². The first kappa shape index (κ1) is 11.0. The van der Waals surface area contributed by atoms with Gasteiger partial charge in [-0.1, -0.05) is 13.8 Å². The molecule has 1 aliphatic rings. The van der Waals surface area contributed by atoms with Crippen molar-refractivity contribution in [3.8, 4) is 0 Å². The molecule has 0 radical (unpaired) electrons. The molecule has 0 spiro atoms. The van der Waals surface area contributed by atoms with E-state index >= 15 is 0 Å². The topological polar surface area (TPSA) is 38.0 Å². The number of rotatable bonds is 1. The van der Waals surface area contributed by atoms with Crippen LogP contribution in [0.4, 0.5) is 0 Å². The molecule has 1 aromatic heterocycles. The molecule has 0 amide bonds. The van der Waals surface area contributed by atoms with Gasteiger partial charge in [0.05, 0.1) is 0 Å². The monoisotopic (exact) mass is 226 g/mol. The number of nitrogens with zero attached hydrogens (tertiary/aromatic N) is 2. The molecule has 1 unspecified atom stereocenters. The highest BCUT2D eigenvalue weighted by Crippen LogP contribution is 2.43. The Morgan fingerprint density at radius 2 is 2.20 bits per heavy atom. The molecule has 1 aromatic rings. The molecule has 2 heterocycles. The average molecular weight is 226 g/mol. The van der Waals surface area contributed by atoms with Crippen molar-refractivity contribution in [2.24, 2.45) is 12.5 Å². The third-order valence-electron chi connectivity index (χ3n) is 2.84. The third-order valence-corrected chi connectivity index (χ3v) is 4.51. The molecular formula is C11H18N2OS. The van der Waals surface area contributed by atoms with Crippen LogP contribution in [0.2, 0.25) is 0 Å². The highest BCUT2D eigenvalue weighted by atomic mass is 32.2. The maximum Gasteiger partial charge on any atom is 0.141 e. The zero-order valence-electron chi connectivity index (χ0n) is 9.53. The van der Waals surface area contributed by atoms with Gasteiger partial charge in [-0.15, -0.1) is 0 Å². The van der Waals surface area contributed by atoms with Crippen LogP contribution in [0.1, 0.15) is 26.1 Å². The average Bonchev–Trinajstić information content (AvgIpc) is 2.49. The van der Waals surface area contributed by atoms with Gasteiger partial charge in [-0.25, -0.2) is 4.98 Å². The molecule has 0 bridgehead atoms. The maximum atomic E-state index is 10.6. The van der Waals surface area contributed by atoms with Crippen LogP contribution in [-0.2, 0) is 12.6 Å². The Morgan fingerprint density at radius 1 is 1.47 bits per heavy atom. The van der Waals surface area contributed by atoms with Crippen LogP contribution < -0.4 is 0 Å². The smallest absolute Gasteiger partial charge is 0.141 e. The Labute approximate surface area is 94.9 Å². The van der Waals surface area contributed by atoms with Gasteiger partial charge in [0, 0.05) is 25.2 Å². The molecule has 84 valence electrons. The molecule has 1 saturated heterocycles. The molecule has 4 heteroatoms. The van der Waals surface area contributed by atoms with Crippen LogP contribution in [-0.4, -0.2) is 26.2 Å². The molecule has 0 aliphatic carbocycles. The number of aromatic nitrogens is 2. The SMILES string of the molecule is Cn1ccnc1C1(O)CSCC(C)(C)C1. The van der Waals surface area contributed by atoms with Crippen molar-refractivity contribution in [3.63, 3.8) is 0 Å². The summed E-state index contributed by atoms with van der Waals surface area (Å²) in [7, 11) is 1.94. The van der Waals surface area contributed by atoms with Crippen molar-refractivity contribution in [1.29, 1.82) is 0 Å². The lowest BCUT2D eigenvalue weighted by molar-refractivity contribution is 0.00527. The second kappa shape index (κ2) is 3.52. The Bertz CT molecular complexity index is 361. The summed E-state index contributed by atoms with van der Waals surface area (Å²) >= 11 is 1.81. The molecule has 1 aliphatic heterocycles. The number of thioether (sulfide) groups is 1. The summed E-state index contributed by atoms with van der Waals surface area (Å²) in [6.07, 6.45) is 4.43. The van der Waals surface area contributed by atoms with Crippen molar-refractivity contribution in [2.75, 3.05) is 11.5 Å². The molecule has 2 rings (SSSR count). The van der Waals surface area contributed by atoms with Crippen molar-refractivity contribution in [1.82, 2.24) is 9.55 Å². The quantitative estimate of drug-likeness (QED) is 0.793. The molecule has 1 fully saturated rings. The van der Waals surface area contributed by atoms with Gasteiger partial charge < -0.3 is 9.67 Å². The van der Waals surface area contributed by atoms with E-state index in [9.17, 15) is 5.11 Å². The van der Waals surface area contributed by atoms with Gasteiger partial charge in [0.1, 0.15) is 11.4 Å². The minimum atomic E-state index is -0.759. The first-order chi connectivity index (χ1) is 6.93. The van der Waals surface area contributed by atoms with E-state index in [0.717, 1.165) is 23.8 Å². The summed E-state index contributed by atoms with van der Waals surface area (Å²) in [6, 6.07) is 0. The maximum absolute atomic E-state index is 10.6. The van der Waals surface area contributed by atoms with Gasteiger partial charge in [0.2, 0.25) is 0 Å². The Hall–Kier alpha value is -0.480. The molecule has 3 nitrogen and oxygen atoms in total. The fourth-order valence-corrected chi connectivity index (χ4v) is 3.67. The van der Waals surface area contributed by atoms with Crippen LogP contribution in [0.5, 0.6) is 0 Å². The second-order valence-corrected chi connectivity index (χ2v) is 6.21. The lowest BCUT2D eigenvalue weighted by Crippen LogP contribution is -2.41. The molecule has 15 heavy (non-hydrogen) atoms. The van der Waals surface area contributed by atoms with Gasteiger partial charge in [-0.3, -0.25) is 0 Å². The van der Waals surface area contributed by atoms with Gasteiger partial charge >= 0.3 is 0 Å². The van der Waals surface area contributed by atoms with E-state index in [1.807, 2.05) is 29.6 Å². The Balaban J connectivity index is 2.31. The fourth-order valence-electron chi connectivity index (χ4n) is 2.35. The number of hydrogen-bond acceptors (Lipinski definition) is 3. The minimum absolute atomic E-state index is 0.184. The number of aliphatic hydroxyl groups is 1. The Morgan fingerprint density at radius 3 is 2.73 bits per heavy atom. The summed E-state index contributed by atoms with van der Waals surface area (Å²) in [5, 5.41) is 10.6. The summed E-state index contributed by atoms with van der Waals surface area (Å²) in [4.78, 5) is 4.28. The molecule has 0 aromatic carbocycles. The third kappa shape index (κ3) is 2.06. The van der Waals surface area contributed by atoms with Crippen LogP contribution in [0.15, 0.2) is 12.4 Å². The largest absolute Gasteiger partial charge is 0.381 e. The van der Waals surface area contributed by atoms with Crippen LogP contribution in [0.3, 0.4) is 0 Å². The normalized spacial score (nSPS) is 30.4. The lowest BCUT2D eigenvalue weighted by atomic mass is 9.81. The van der Waals surface area contributed by atoms with E-state index in [1.54, 1.807) is 6.20 Å². The number of hydrogen-bond donors (Lipinski definition) is 1. The molecule has 1 N–H and O–H groups in total. The predicted molar refractivity (Wildman–Crippen MR) is 62.8 cm³/mol. The summed E-state index contributed by atoms with van der Waals surface area (Å²) in [6.45, 7) is 4.40. The van der Waals surface area contributed by atoms with E-state index < -0.39 is 5.60 Å². The Kier molecular flexibility index (Phi) is 2.59. The van der Waals surface area contributed by atoms with Crippen LogP contribution >= 0.6 is 11.8 Å². The van der Waals surface area contributed by atoms with Crippen molar-refractivity contribution in [2.45, 2.75) is 25.9 Å².